The molecule has 28 heavy (non-hydrogen) atoms. The van der Waals surface area contributed by atoms with E-state index in [9.17, 15) is 0 Å². The number of benzene rings is 2. The average molecular weight is 382 g/mol. The van der Waals surface area contributed by atoms with Crippen molar-refractivity contribution in [3.63, 3.8) is 0 Å². The van der Waals surface area contributed by atoms with E-state index >= 15 is 0 Å². The Morgan fingerprint density at radius 1 is 0.821 bits per heavy atom. The molecule has 2 aromatic carbocycles. The van der Waals surface area contributed by atoms with Gasteiger partial charge in [0, 0.05) is 12.2 Å². The van der Waals surface area contributed by atoms with Crippen molar-refractivity contribution in [3.05, 3.63) is 60.2 Å². The number of nitrogens with one attached hydrogen (secondary N) is 1. The Kier molecular flexibility index (Phi) is 9.96. The highest BCUT2D eigenvalue weighted by atomic mass is 16.5. The lowest BCUT2D eigenvalue weighted by Crippen LogP contribution is -2.16. The van der Waals surface area contributed by atoms with Gasteiger partial charge in [-0.2, -0.15) is 0 Å². The van der Waals surface area contributed by atoms with Crippen molar-refractivity contribution in [3.8, 4) is 5.75 Å². The standard InChI is InChI=1S/C26H39NO/c1-21(2)13-14-24(20-27-25-15-17-26(28-4)18-16-25)12-8-9-22(3)19-23-10-6-5-7-11-23/h5-7,10-11,15-18,21-22,24,27H,8-9,12-14,19-20H2,1-4H3. The summed E-state index contributed by atoms with van der Waals surface area (Å²) < 4.78 is 5.25. The third-order valence-electron chi connectivity index (χ3n) is 5.57. The third-order valence-corrected chi connectivity index (χ3v) is 5.57. The highest BCUT2D eigenvalue weighted by Gasteiger charge is 2.12. The van der Waals surface area contributed by atoms with Gasteiger partial charge in [-0.25, -0.2) is 0 Å². The molecule has 0 aliphatic carbocycles. The van der Waals surface area contributed by atoms with Crippen LogP contribution in [0.3, 0.4) is 0 Å². The zero-order valence-electron chi connectivity index (χ0n) is 18.3. The van der Waals surface area contributed by atoms with Crippen LogP contribution in [0.4, 0.5) is 5.69 Å². The second-order valence-electron chi connectivity index (χ2n) is 8.67. The summed E-state index contributed by atoms with van der Waals surface area (Å²) in [6.45, 7) is 8.11. The molecule has 0 saturated carbocycles. The molecule has 0 heterocycles. The average Bonchev–Trinajstić information content (AvgIpc) is 2.70. The summed E-state index contributed by atoms with van der Waals surface area (Å²) in [7, 11) is 1.71. The molecular weight excluding hydrogens is 342 g/mol. The number of hydrogen-bond acceptors (Lipinski definition) is 2. The van der Waals surface area contributed by atoms with Crippen LogP contribution in [0, 0.1) is 17.8 Å². The second-order valence-corrected chi connectivity index (χ2v) is 8.67. The molecule has 2 aromatic rings. The molecule has 0 aromatic heterocycles. The first-order chi connectivity index (χ1) is 13.6. The van der Waals surface area contributed by atoms with Gasteiger partial charge >= 0.3 is 0 Å². The van der Waals surface area contributed by atoms with Gasteiger partial charge < -0.3 is 10.1 Å². The minimum atomic E-state index is 0.744. The third kappa shape index (κ3) is 8.82. The fourth-order valence-corrected chi connectivity index (χ4v) is 3.76. The Morgan fingerprint density at radius 2 is 1.54 bits per heavy atom. The van der Waals surface area contributed by atoms with E-state index in [0.29, 0.717) is 0 Å². The van der Waals surface area contributed by atoms with Crippen molar-refractivity contribution in [1.29, 1.82) is 0 Å². The Morgan fingerprint density at radius 3 is 2.18 bits per heavy atom. The number of methoxy groups -OCH3 is 1. The Bertz CT molecular complexity index is 635. The second kappa shape index (κ2) is 12.5. The van der Waals surface area contributed by atoms with Crippen LogP contribution in [0.1, 0.15) is 58.4 Å². The molecule has 0 saturated heterocycles. The van der Waals surface area contributed by atoms with Crippen LogP contribution in [0.25, 0.3) is 0 Å². The maximum Gasteiger partial charge on any atom is 0.119 e. The first-order valence-electron chi connectivity index (χ1n) is 11.0. The predicted octanol–water partition coefficient (Wildman–Crippen LogP) is 7.21. The molecule has 0 spiro atoms. The molecular formula is C26H39NO. The van der Waals surface area contributed by atoms with Crippen LogP contribution >= 0.6 is 0 Å². The highest BCUT2D eigenvalue weighted by molar-refractivity contribution is 5.46. The molecule has 2 atom stereocenters. The summed E-state index contributed by atoms with van der Waals surface area (Å²) in [6, 6.07) is 19.2. The summed E-state index contributed by atoms with van der Waals surface area (Å²) in [5.41, 5.74) is 2.65. The molecule has 0 radical (unpaired) electrons. The molecule has 0 aliphatic rings. The summed E-state index contributed by atoms with van der Waals surface area (Å²) in [5.74, 6) is 3.19. The first-order valence-corrected chi connectivity index (χ1v) is 11.0. The van der Waals surface area contributed by atoms with E-state index in [1.54, 1.807) is 7.11 Å². The van der Waals surface area contributed by atoms with Crippen molar-refractivity contribution >= 4 is 5.69 Å². The fourth-order valence-electron chi connectivity index (χ4n) is 3.76. The molecule has 2 heteroatoms. The molecule has 0 aliphatic heterocycles. The lowest BCUT2D eigenvalue weighted by Gasteiger charge is -2.20. The topological polar surface area (TPSA) is 21.3 Å². The zero-order chi connectivity index (χ0) is 20.2. The van der Waals surface area contributed by atoms with Crippen molar-refractivity contribution in [2.75, 3.05) is 19.0 Å². The van der Waals surface area contributed by atoms with Crippen molar-refractivity contribution < 1.29 is 4.74 Å². The Balaban J connectivity index is 1.77. The molecule has 2 unspecified atom stereocenters. The van der Waals surface area contributed by atoms with Crippen molar-refractivity contribution in [2.45, 2.75) is 59.3 Å². The lowest BCUT2D eigenvalue weighted by atomic mass is 9.90. The molecule has 0 amide bonds. The van der Waals surface area contributed by atoms with Crippen LogP contribution < -0.4 is 10.1 Å². The van der Waals surface area contributed by atoms with Gasteiger partial charge in [0.15, 0.2) is 0 Å². The molecule has 2 rings (SSSR count). The SMILES string of the molecule is COc1ccc(NCC(CCCC(C)Cc2ccccc2)CCC(C)C)cc1. The molecule has 2 nitrogen and oxygen atoms in total. The maximum absolute atomic E-state index is 5.25. The summed E-state index contributed by atoms with van der Waals surface area (Å²) in [5, 5.41) is 3.64. The summed E-state index contributed by atoms with van der Waals surface area (Å²) in [6.07, 6.45) is 7.77. The van der Waals surface area contributed by atoms with Crippen LogP contribution in [-0.2, 0) is 6.42 Å². The summed E-state index contributed by atoms with van der Waals surface area (Å²) in [4.78, 5) is 0. The van der Waals surface area contributed by atoms with E-state index < -0.39 is 0 Å². The zero-order valence-corrected chi connectivity index (χ0v) is 18.3. The van der Waals surface area contributed by atoms with Gasteiger partial charge in [-0.15, -0.1) is 0 Å². The molecule has 154 valence electrons. The van der Waals surface area contributed by atoms with Crippen LogP contribution in [-0.4, -0.2) is 13.7 Å². The van der Waals surface area contributed by atoms with Crippen molar-refractivity contribution in [2.24, 2.45) is 17.8 Å². The minimum absolute atomic E-state index is 0.744. The van der Waals surface area contributed by atoms with E-state index in [0.717, 1.165) is 30.0 Å². The normalized spacial score (nSPS) is 13.3. The maximum atomic E-state index is 5.25. The predicted molar refractivity (Wildman–Crippen MR) is 122 cm³/mol. The van der Waals surface area contributed by atoms with Gasteiger partial charge in [0.2, 0.25) is 0 Å². The number of hydrogen-bond donors (Lipinski definition) is 1. The Labute approximate surface area is 172 Å². The monoisotopic (exact) mass is 381 g/mol. The van der Waals surface area contributed by atoms with Gasteiger partial charge in [0.1, 0.15) is 5.75 Å². The van der Waals surface area contributed by atoms with Gasteiger partial charge in [-0.1, -0.05) is 70.4 Å². The van der Waals surface area contributed by atoms with Gasteiger partial charge in [-0.05, 0) is 66.8 Å². The van der Waals surface area contributed by atoms with Crippen LogP contribution in [0.15, 0.2) is 54.6 Å². The summed E-state index contributed by atoms with van der Waals surface area (Å²) >= 11 is 0. The first kappa shape index (κ1) is 22.3. The van der Waals surface area contributed by atoms with E-state index in [2.05, 4.69) is 68.6 Å². The largest absolute Gasteiger partial charge is 0.497 e. The number of rotatable bonds is 13. The van der Waals surface area contributed by atoms with E-state index in [4.69, 9.17) is 4.74 Å². The fraction of sp³-hybridized carbons (Fsp3) is 0.538. The van der Waals surface area contributed by atoms with Crippen LogP contribution in [0.2, 0.25) is 0 Å². The van der Waals surface area contributed by atoms with E-state index in [1.807, 2.05) is 12.1 Å². The van der Waals surface area contributed by atoms with Gasteiger partial charge in [0.25, 0.3) is 0 Å². The lowest BCUT2D eigenvalue weighted by molar-refractivity contribution is 0.383. The Hall–Kier alpha value is -1.96. The quantitative estimate of drug-likeness (QED) is 0.396. The highest BCUT2D eigenvalue weighted by Crippen LogP contribution is 2.23. The molecule has 0 bridgehead atoms. The smallest absolute Gasteiger partial charge is 0.119 e. The number of anilines is 1. The number of ether oxygens (including phenoxy) is 1. The van der Waals surface area contributed by atoms with Gasteiger partial charge in [0.05, 0.1) is 7.11 Å². The van der Waals surface area contributed by atoms with Crippen LogP contribution in [0.5, 0.6) is 5.75 Å². The van der Waals surface area contributed by atoms with E-state index in [1.165, 1.54) is 49.8 Å². The van der Waals surface area contributed by atoms with E-state index in [-0.39, 0.29) is 0 Å². The molecule has 0 fully saturated rings. The van der Waals surface area contributed by atoms with Crippen molar-refractivity contribution in [1.82, 2.24) is 0 Å². The molecule has 1 N–H and O–H groups in total. The van der Waals surface area contributed by atoms with Gasteiger partial charge in [-0.3, -0.25) is 0 Å². The minimum Gasteiger partial charge on any atom is -0.497 e.